The summed E-state index contributed by atoms with van der Waals surface area (Å²) in [6.07, 6.45) is 2.51. The summed E-state index contributed by atoms with van der Waals surface area (Å²) in [6, 6.07) is 27.3. The minimum absolute atomic E-state index is 0.370. The summed E-state index contributed by atoms with van der Waals surface area (Å²) in [6.45, 7) is 15.6. The van der Waals surface area contributed by atoms with Crippen molar-refractivity contribution in [3.8, 4) is 11.3 Å². The van der Waals surface area contributed by atoms with Crippen LogP contribution in [-0.4, -0.2) is 47.0 Å². The average molecular weight is 468 g/mol. The third-order valence-electron chi connectivity index (χ3n) is 7.62. The van der Waals surface area contributed by atoms with Gasteiger partial charge in [0.1, 0.15) is 0 Å². The second-order valence-corrected chi connectivity index (χ2v) is 9.34. The van der Waals surface area contributed by atoms with Crippen molar-refractivity contribution in [2.45, 2.75) is 59.5 Å². The van der Waals surface area contributed by atoms with Gasteiger partial charge in [0.2, 0.25) is 0 Å². The zero-order valence-corrected chi connectivity index (χ0v) is 22.2. The van der Waals surface area contributed by atoms with Crippen LogP contribution in [0, 0.1) is 0 Å². The number of hydrogen-bond donors (Lipinski definition) is 0. The Labute approximate surface area is 211 Å². The van der Waals surface area contributed by atoms with Crippen LogP contribution in [0.1, 0.15) is 59.1 Å². The summed E-state index contributed by atoms with van der Waals surface area (Å²) < 4.78 is 0. The van der Waals surface area contributed by atoms with Gasteiger partial charge in [0.05, 0.1) is 11.2 Å². The van der Waals surface area contributed by atoms with E-state index in [0.29, 0.717) is 6.04 Å². The summed E-state index contributed by atoms with van der Waals surface area (Å²) in [5, 5.41) is 3.81. The molecule has 0 amide bonds. The molecule has 3 nitrogen and oxygen atoms in total. The molecule has 1 aliphatic heterocycles. The molecule has 1 saturated heterocycles. The number of rotatable bonds is 6. The lowest BCUT2D eigenvalue weighted by Crippen LogP contribution is -2.45. The fraction of sp³-hybridized carbons (Fsp3) is 0.406. The number of para-hydroxylation sites is 1. The summed E-state index contributed by atoms with van der Waals surface area (Å²) in [5.41, 5.74) is 4.74. The summed E-state index contributed by atoms with van der Waals surface area (Å²) in [7, 11) is 0. The average Bonchev–Trinajstić information content (AvgIpc) is 2.94. The molecule has 3 heteroatoms. The molecule has 0 spiro atoms. The molecule has 1 atom stereocenters. The molecule has 1 aliphatic rings. The molecule has 1 unspecified atom stereocenters. The molecular formula is C32H41N3. The lowest BCUT2D eigenvalue weighted by Gasteiger charge is -2.40. The first-order valence-corrected chi connectivity index (χ1v) is 13.5. The van der Waals surface area contributed by atoms with Crippen LogP contribution in [0.2, 0.25) is 0 Å². The Morgan fingerprint density at radius 2 is 1.51 bits per heavy atom. The van der Waals surface area contributed by atoms with E-state index in [1.54, 1.807) is 0 Å². The monoisotopic (exact) mass is 467 g/mol. The molecule has 5 rings (SSSR count). The van der Waals surface area contributed by atoms with Crippen molar-refractivity contribution in [1.29, 1.82) is 0 Å². The Morgan fingerprint density at radius 3 is 2.23 bits per heavy atom. The lowest BCUT2D eigenvalue weighted by molar-refractivity contribution is 0.0943. The largest absolute Gasteiger partial charge is 0.301 e. The molecule has 2 heterocycles. The molecule has 0 bridgehead atoms. The highest BCUT2D eigenvalue weighted by Gasteiger charge is 2.27. The fourth-order valence-electron chi connectivity index (χ4n) is 5.62. The van der Waals surface area contributed by atoms with Crippen molar-refractivity contribution in [2.24, 2.45) is 0 Å². The molecule has 1 fully saturated rings. The molecule has 1 aromatic heterocycles. The van der Waals surface area contributed by atoms with Crippen molar-refractivity contribution >= 4 is 21.7 Å². The second kappa shape index (κ2) is 11.8. The third kappa shape index (κ3) is 5.42. The van der Waals surface area contributed by atoms with Gasteiger partial charge in [-0.05, 0) is 67.4 Å². The predicted molar refractivity (Wildman–Crippen MR) is 152 cm³/mol. The number of hydrogen-bond acceptors (Lipinski definition) is 3. The van der Waals surface area contributed by atoms with Gasteiger partial charge >= 0.3 is 0 Å². The molecule has 35 heavy (non-hydrogen) atoms. The van der Waals surface area contributed by atoms with E-state index in [1.165, 1.54) is 40.1 Å². The van der Waals surface area contributed by atoms with E-state index >= 15 is 0 Å². The lowest BCUT2D eigenvalue weighted by atomic mass is 9.95. The van der Waals surface area contributed by atoms with Crippen molar-refractivity contribution < 1.29 is 0 Å². The first kappa shape index (κ1) is 25.3. The van der Waals surface area contributed by atoms with Gasteiger partial charge < -0.3 is 4.90 Å². The molecule has 184 valence electrons. The van der Waals surface area contributed by atoms with Crippen molar-refractivity contribution in [3.63, 3.8) is 0 Å². The van der Waals surface area contributed by atoms with E-state index in [-0.39, 0.29) is 0 Å². The molecule has 0 aliphatic carbocycles. The Morgan fingerprint density at radius 1 is 0.857 bits per heavy atom. The van der Waals surface area contributed by atoms with Gasteiger partial charge in [-0.25, -0.2) is 4.98 Å². The summed E-state index contributed by atoms with van der Waals surface area (Å²) in [5.74, 6) is 0. The Bertz CT molecular complexity index is 1240. The van der Waals surface area contributed by atoms with Crippen LogP contribution in [0.5, 0.6) is 0 Å². The Balaban J connectivity index is 0.00000141. The van der Waals surface area contributed by atoms with Gasteiger partial charge in [-0.15, -0.1) is 0 Å². The molecule has 4 aromatic rings. The number of benzene rings is 3. The zero-order chi connectivity index (χ0) is 24.8. The maximum atomic E-state index is 5.07. The fourth-order valence-corrected chi connectivity index (χ4v) is 5.62. The minimum atomic E-state index is 0.370. The minimum Gasteiger partial charge on any atom is -0.301 e. The maximum Gasteiger partial charge on any atom is 0.0713 e. The number of nitrogens with zero attached hydrogens (tertiary/aromatic N) is 3. The van der Waals surface area contributed by atoms with Gasteiger partial charge in [-0.3, -0.25) is 4.90 Å². The number of likely N-dealkylation sites (tertiary alicyclic amines) is 1. The SMILES string of the molecule is CC.CCN(CC)C1CCN(C(C)c2cc(-c3ccc4ccccc4c3)nc3ccccc23)CC1. The van der Waals surface area contributed by atoms with Crippen molar-refractivity contribution in [2.75, 3.05) is 26.2 Å². The van der Waals surface area contributed by atoms with E-state index in [2.05, 4.69) is 103 Å². The van der Waals surface area contributed by atoms with Crippen LogP contribution in [-0.2, 0) is 0 Å². The van der Waals surface area contributed by atoms with E-state index in [1.807, 2.05) is 13.8 Å². The van der Waals surface area contributed by atoms with Gasteiger partial charge in [0.15, 0.2) is 0 Å². The second-order valence-electron chi connectivity index (χ2n) is 9.34. The van der Waals surface area contributed by atoms with Crippen LogP contribution < -0.4 is 0 Å². The first-order chi connectivity index (χ1) is 17.2. The number of fused-ring (bicyclic) bond motifs is 2. The normalized spacial score (nSPS) is 15.8. The van der Waals surface area contributed by atoms with E-state index in [0.717, 1.165) is 43.4 Å². The number of aromatic nitrogens is 1. The highest BCUT2D eigenvalue weighted by Crippen LogP contribution is 2.34. The van der Waals surface area contributed by atoms with Crippen LogP contribution in [0.3, 0.4) is 0 Å². The van der Waals surface area contributed by atoms with Crippen LogP contribution in [0.15, 0.2) is 72.8 Å². The number of piperidine rings is 1. The predicted octanol–water partition coefficient (Wildman–Crippen LogP) is 7.95. The van der Waals surface area contributed by atoms with Crippen molar-refractivity contribution in [1.82, 2.24) is 14.8 Å². The van der Waals surface area contributed by atoms with E-state index in [4.69, 9.17) is 4.98 Å². The van der Waals surface area contributed by atoms with Gasteiger partial charge in [-0.1, -0.05) is 82.3 Å². The molecule has 0 N–H and O–H groups in total. The standard InChI is InChI=1S/C30H35N3.C2H6/c1-4-32(5-2)26-16-18-33(19-17-26)22(3)28-21-30(31-29-13-9-8-12-27(28)29)25-15-14-23-10-6-7-11-24(23)20-25;1-2/h6-15,20-22,26H,4-5,16-19H2,1-3H3;1-2H3. The van der Waals surface area contributed by atoms with E-state index < -0.39 is 0 Å². The Hall–Kier alpha value is -2.75. The van der Waals surface area contributed by atoms with Gasteiger partial charge in [-0.2, -0.15) is 0 Å². The maximum absolute atomic E-state index is 5.07. The van der Waals surface area contributed by atoms with E-state index in [9.17, 15) is 0 Å². The number of pyridine rings is 1. The van der Waals surface area contributed by atoms with Gasteiger partial charge in [0, 0.05) is 36.1 Å². The smallest absolute Gasteiger partial charge is 0.0713 e. The third-order valence-corrected chi connectivity index (χ3v) is 7.62. The Kier molecular flexibility index (Phi) is 8.54. The molecular weight excluding hydrogens is 426 g/mol. The van der Waals surface area contributed by atoms with Crippen LogP contribution in [0.25, 0.3) is 32.9 Å². The summed E-state index contributed by atoms with van der Waals surface area (Å²) >= 11 is 0. The summed E-state index contributed by atoms with van der Waals surface area (Å²) in [4.78, 5) is 10.4. The van der Waals surface area contributed by atoms with Crippen LogP contribution in [0.4, 0.5) is 0 Å². The topological polar surface area (TPSA) is 19.4 Å². The molecule has 0 radical (unpaired) electrons. The van der Waals surface area contributed by atoms with Crippen molar-refractivity contribution in [3.05, 3.63) is 78.4 Å². The van der Waals surface area contributed by atoms with Crippen LogP contribution >= 0.6 is 0 Å². The highest BCUT2D eigenvalue weighted by molar-refractivity contribution is 5.89. The highest BCUT2D eigenvalue weighted by atomic mass is 15.2. The molecule has 3 aromatic carbocycles. The zero-order valence-electron chi connectivity index (χ0n) is 22.2. The first-order valence-electron chi connectivity index (χ1n) is 13.5. The molecule has 0 saturated carbocycles. The van der Waals surface area contributed by atoms with Gasteiger partial charge in [0.25, 0.3) is 0 Å². The quantitative estimate of drug-likeness (QED) is 0.287.